The maximum Gasteiger partial charge on any atom is 0.286 e. The molecule has 0 atom stereocenters. The number of ether oxygens (including phenoxy) is 1. The quantitative estimate of drug-likeness (QED) is 0.291. The second-order valence-electron chi connectivity index (χ2n) is 2.05. The van der Waals surface area contributed by atoms with Crippen LogP contribution >= 0.6 is 12.2 Å². The summed E-state index contributed by atoms with van der Waals surface area (Å²) >= 11 is 4.65. The smallest absolute Gasteiger partial charge is 0.286 e. The first-order valence-electron chi connectivity index (χ1n) is 2.84. The highest BCUT2D eigenvalue weighted by molar-refractivity contribution is 7.80. The minimum atomic E-state index is -0.391. The Bertz CT molecular complexity index is 146. The van der Waals surface area contributed by atoms with Gasteiger partial charge in [0.15, 0.2) is 0 Å². The Morgan fingerprint density at radius 2 is 2.20 bits per heavy atom. The van der Waals surface area contributed by atoms with Crippen molar-refractivity contribution in [3.63, 3.8) is 0 Å². The lowest BCUT2D eigenvalue weighted by atomic mass is 10.4. The van der Waals surface area contributed by atoms with E-state index in [9.17, 15) is 0 Å². The van der Waals surface area contributed by atoms with E-state index < -0.39 is 6.02 Å². The van der Waals surface area contributed by atoms with Gasteiger partial charge in [0.05, 0.1) is 0 Å². The molecular weight excluding hydrogens is 150 g/mol. The fourth-order valence-electron chi connectivity index (χ4n) is 0.365. The second kappa shape index (κ2) is 4.05. The monoisotopic (exact) mass is 161 g/mol. The van der Waals surface area contributed by atoms with Gasteiger partial charge in [0.2, 0.25) is 0 Å². The predicted molar refractivity (Wildman–Crippen MR) is 43.9 cm³/mol. The normalized spacial score (nSPS) is 9.10. The Labute approximate surface area is 65.2 Å². The van der Waals surface area contributed by atoms with Crippen LogP contribution in [0.3, 0.4) is 0 Å². The summed E-state index contributed by atoms with van der Waals surface area (Å²) < 4.78 is 4.54. The Morgan fingerprint density at radius 3 is 2.50 bits per heavy atom. The Kier molecular flexibility index (Phi) is 3.71. The number of thiocarbonyl (C=S) groups is 1. The number of nitrogens with one attached hydrogen (secondary N) is 2. The molecule has 58 valence electrons. The maximum atomic E-state index is 6.70. The van der Waals surface area contributed by atoms with E-state index in [-0.39, 0.29) is 11.2 Å². The molecule has 0 bridgehead atoms. The number of hydrogen-bond acceptors (Lipinski definition) is 3. The van der Waals surface area contributed by atoms with Gasteiger partial charge in [-0.25, -0.2) is 0 Å². The maximum absolute atomic E-state index is 6.70. The van der Waals surface area contributed by atoms with Gasteiger partial charge < -0.3 is 15.8 Å². The second-order valence-corrected chi connectivity index (χ2v) is 2.42. The van der Waals surface area contributed by atoms with Crippen molar-refractivity contribution >= 4 is 23.4 Å². The van der Waals surface area contributed by atoms with Gasteiger partial charge in [-0.3, -0.25) is 5.41 Å². The van der Waals surface area contributed by atoms with Crippen molar-refractivity contribution in [2.75, 3.05) is 0 Å². The molecule has 0 unspecified atom stereocenters. The van der Waals surface area contributed by atoms with Crippen molar-refractivity contribution in [2.24, 2.45) is 5.73 Å². The van der Waals surface area contributed by atoms with E-state index in [1.54, 1.807) is 0 Å². The Hall–Kier alpha value is -0.840. The molecule has 0 aliphatic carbocycles. The lowest BCUT2D eigenvalue weighted by Gasteiger charge is -2.09. The van der Waals surface area contributed by atoms with Crippen LogP contribution in [0.15, 0.2) is 0 Å². The molecule has 0 aromatic rings. The van der Waals surface area contributed by atoms with Crippen LogP contribution in [0.25, 0.3) is 0 Å². The van der Waals surface area contributed by atoms with E-state index in [0.29, 0.717) is 0 Å². The van der Waals surface area contributed by atoms with Crippen LogP contribution in [0.2, 0.25) is 0 Å². The van der Waals surface area contributed by atoms with E-state index in [1.165, 1.54) is 0 Å². The molecule has 0 saturated carbocycles. The first-order chi connectivity index (χ1) is 4.52. The highest BCUT2D eigenvalue weighted by Crippen LogP contribution is 1.81. The molecule has 4 nitrogen and oxygen atoms in total. The average Bonchev–Trinajstić information content (AvgIpc) is 1.58. The minimum absolute atomic E-state index is 0.141. The lowest BCUT2D eigenvalue weighted by molar-refractivity contribution is 0.499. The summed E-state index contributed by atoms with van der Waals surface area (Å²) in [4.78, 5) is 0. The van der Waals surface area contributed by atoms with Gasteiger partial charge in [0, 0.05) is 6.04 Å². The van der Waals surface area contributed by atoms with Gasteiger partial charge in [-0.05, 0) is 26.1 Å². The molecule has 0 fully saturated rings. The van der Waals surface area contributed by atoms with Crippen molar-refractivity contribution in [3.8, 4) is 0 Å². The summed E-state index contributed by atoms with van der Waals surface area (Å²) in [6.07, 6.45) is 0. The minimum Gasteiger partial charge on any atom is -0.399 e. The SMILES string of the molecule is CC(C)NC(=S)OC(=N)N. The number of amidine groups is 1. The van der Waals surface area contributed by atoms with Crippen LogP contribution in [-0.4, -0.2) is 17.2 Å². The molecule has 0 heterocycles. The molecule has 0 spiro atoms. The molecule has 0 rings (SSSR count). The zero-order valence-electron chi connectivity index (χ0n) is 5.97. The van der Waals surface area contributed by atoms with Crippen molar-refractivity contribution in [1.29, 1.82) is 5.41 Å². The zero-order chi connectivity index (χ0) is 8.15. The van der Waals surface area contributed by atoms with Gasteiger partial charge in [-0.2, -0.15) is 0 Å². The zero-order valence-corrected chi connectivity index (χ0v) is 6.79. The number of hydrogen-bond donors (Lipinski definition) is 3. The van der Waals surface area contributed by atoms with Gasteiger partial charge in [-0.1, -0.05) is 0 Å². The van der Waals surface area contributed by atoms with Gasteiger partial charge >= 0.3 is 0 Å². The predicted octanol–water partition coefficient (Wildman–Crippen LogP) is 0.179. The van der Waals surface area contributed by atoms with Crippen LogP contribution in [0.4, 0.5) is 0 Å². The fraction of sp³-hybridized carbons (Fsp3) is 0.600. The molecule has 0 radical (unpaired) electrons. The standard InChI is InChI=1S/C5H11N3OS/c1-3(2)8-5(10)9-4(6)7/h3H,1-2H3,(H3,6,7)(H,8,10). The van der Waals surface area contributed by atoms with Crippen LogP contribution in [0.1, 0.15) is 13.8 Å². The molecule has 4 N–H and O–H groups in total. The van der Waals surface area contributed by atoms with Crippen molar-refractivity contribution < 1.29 is 4.74 Å². The van der Waals surface area contributed by atoms with E-state index in [4.69, 9.17) is 11.1 Å². The molecule has 0 saturated heterocycles. The van der Waals surface area contributed by atoms with Crippen molar-refractivity contribution in [3.05, 3.63) is 0 Å². The molecule has 10 heavy (non-hydrogen) atoms. The molecule has 0 amide bonds. The topological polar surface area (TPSA) is 71.1 Å². The van der Waals surface area contributed by atoms with Crippen LogP contribution in [-0.2, 0) is 4.74 Å². The number of rotatable bonds is 1. The summed E-state index contributed by atoms with van der Waals surface area (Å²) in [5.74, 6) is 0. The largest absolute Gasteiger partial charge is 0.399 e. The van der Waals surface area contributed by atoms with Gasteiger partial charge in [-0.15, -0.1) is 0 Å². The van der Waals surface area contributed by atoms with Gasteiger partial charge in [0.25, 0.3) is 11.2 Å². The summed E-state index contributed by atoms with van der Waals surface area (Å²) in [6.45, 7) is 3.82. The molecule has 5 heteroatoms. The molecule has 0 aromatic heterocycles. The van der Waals surface area contributed by atoms with Crippen LogP contribution in [0, 0.1) is 5.41 Å². The third kappa shape index (κ3) is 5.30. The highest BCUT2D eigenvalue weighted by atomic mass is 32.1. The summed E-state index contributed by atoms with van der Waals surface area (Å²) in [5, 5.41) is 9.60. The fourth-order valence-corrected chi connectivity index (χ4v) is 0.691. The van der Waals surface area contributed by atoms with Crippen LogP contribution < -0.4 is 11.1 Å². The summed E-state index contributed by atoms with van der Waals surface area (Å²) in [6, 6.07) is -0.190. The Morgan fingerprint density at radius 1 is 1.70 bits per heavy atom. The third-order valence-electron chi connectivity index (χ3n) is 0.609. The molecular formula is C5H11N3OS. The van der Waals surface area contributed by atoms with Crippen molar-refractivity contribution in [2.45, 2.75) is 19.9 Å². The van der Waals surface area contributed by atoms with Crippen LogP contribution in [0.5, 0.6) is 0 Å². The third-order valence-corrected chi connectivity index (χ3v) is 0.810. The first-order valence-corrected chi connectivity index (χ1v) is 3.25. The summed E-state index contributed by atoms with van der Waals surface area (Å²) in [7, 11) is 0. The van der Waals surface area contributed by atoms with Gasteiger partial charge in [0.1, 0.15) is 0 Å². The summed E-state index contributed by atoms with van der Waals surface area (Å²) in [5.41, 5.74) is 4.90. The molecule has 0 aliphatic rings. The van der Waals surface area contributed by atoms with E-state index >= 15 is 0 Å². The lowest BCUT2D eigenvalue weighted by Crippen LogP contribution is -2.33. The van der Waals surface area contributed by atoms with Crippen molar-refractivity contribution in [1.82, 2.24) is 5.32 Å². The average molecular weight is 161 g/mol. The van der Waals surface area contributed by atoms with E-state index in [1.807, 2.05) is 13.8 Å². The van der Waals surface area contributed by atoms with E-state index in [0.717, 1.165) is 0 Å². The Balaban J connectivity index is 3.54. The highest BCUT2D eigenvalue weighted by Gasteiger charge is 1.99. The first kappa shape index (κ1) is 9.16. The van der Waals surface area contributed by atoms with E-state index in [2.05, 4.69) is 22.3 Å². The molecule has 0 aromatic carbocycles. The number of nitrogens with two attached hydrogens (primary N) is 1. The molecule has 0 aliphatic heterocycles.